The Hall–Kier alpha value is -0.910. The average Bonchev–Trinajstić information content (AvgIpc) is 2.89. The number of hydrogen-bond donors (Lipinski definition) is 2. The van der Waals surface area contributed by atoms with E-state index in [9.17, 15) is 9.90 Å². The number of hydrogen-bond acceptors (Lipinski definition) is 3. The average molecular weight is 470 g/mol. The van der Waals surface area contributed by atoms with E-state index < -0.39 is 0 Å². The van der Waals surface area contributed by atoms with Gasteiger partial charge in [-0.25, -0.2) is 0 Å². The fourth-order valence-corrected chi connectivity index (χ4v) is 5.43. The Balaban J connectivity index is 2.13. The number of nitrogens with zero attached hydrogens (tertiary/aromatic N) is 1. The summed E-state index contributed by atoms with van der Waals surface area (Å²) in [6.07, 6.45) is 5.16. The minimum absolute atomic E-state index is 0.0680. The summed E-state index contributed by atoms with van der Waals surface area (Å²) in [6.45, 7) is 10.9. The molecule has 0 amide bonds. The molecule has 0 aromatic carbocycles. The van der Waals surface area contributed by atoms with Crippen LogP contribution in [0.15, 0.2) is 30.6 Å². The molecule has 6 heteroatoms. The van der Waals surface area contributed by atoms with Gasteiger partial charge in [-0.15, -0.1) is 0 Å². The summed E-state index contributed by atoms with van der Waals surface area (Å²) in [4.78, 5) is 16.2. The highest BCUT2D eigenvalue weighted by molar-refractivity contribution is 14.1. The van der Waals surface area contributed by atoms with Gasteiger partial charge in [-0.2, -0.15) is 0 Å². The molecule has 4 atom stereocenters. The molecule has 1 saturated carbocycles. The van der Waals surface area contributed by atoms with Crippen molar-refractivity contribution in [2.75, 3.05) is 11.0 Å². The van der Waals surface area contributed by atoms with E-state index in [1.807, 2.05) is 6.92 Å². The zero-order valence-electron chi connectivity index (χ0n) is 14.4. The summed E-state index contributed by atoms with van der Waals surface area (Å²) in [5, 5.41) is 9.91. The Bertz CT molecular complexity index is 768. The smallest absolute Gasteiger partial charge is 0.174 e. The lowest BCUT2D eigenvalue weighted by Gasteiger charge is -2.49. The molecule has 3 aliphatic rings. The number of aryl methyl sites for hydroxylation is 1. The van der Waals surface area contributed by atoms with E-state index in [-0.39, 0.29) is 23.5 Å². The predicted octanol–water partition coefficient (Wildman–Crippen LogP) is 4.55. The summed E-state index contributed by atoms with van der Waals surface area (Å²) in [6, 6.07) is 0.235. The normalized spacial score (nSPS) is 26.9. The third-order valence-electron chi connectivity index (χ3n) is 5.30. The van der Waals surface area contributed by atoms with Gasteiger partial charge in [0.2, 0.25) is 0 Å². The van der Waals surface area contributed by atoms with Gasteiger partial charge in [-0.05, 0) is 37.8 Å². The zero-order valence-corrected chi connectivity index (χ0v) is 17.7. The van der Waals surface area contributed by atoms with Crippen LogP contribution in [0.25, 0.3) is 6.08 Å². The van der Waals surface area contributed by atoms with Gasteiger partial charge < -0.3 is 10.1 Å². The van der Waals surface area contributed by atoms with E-state index >= 15 is 0 Å². The Morgan fingerprint density at radius 2 is 2.28 bits per heavy atom. The highest BCUT2D eigenvalue weighted by Gasteiger charge is 2.44. The van der Waals surface area contributed by atoms with Crippen LogP contribution in [-0.4, -0.2) is 37.6 Å². The van der Waals surface area contributed by atoms with Gasteiger partial charge >= 0.3 is 0 Å². The van der Waals surface area contributed by atoms with Crippen LogP contribution in [0.1, 0.15) is 46.1 Å². The topological polar surface area (TPSA) is 56.3 Å². The molecule has 1 aromatic rings. The predicted molar refractivity (Wildman–Crippen MR) is 114 cm³/mol. The summed E-state index contributed by atoms with van der Waals surface area (Å²) in [5.74, 6) is 0.960. The van der Waals surface area contributed by atoms with Gasteiger partial charge in [-0.1, -0.05) is 50.7 Å². The first kappa shape index (κ1) is 18.9. The number of alkyl halides is 1. The molecule has 2 aliphatic heterocycles. The second kappa shape index (κ2) is 7.37. The van der Waals surface area contributed by atoms with Crippen LogP contribution in [0, 0.1) is 12.8 Å². The van der Waals surface area contributed by atoms with Crippen molar-refractivity contribution in [3.63, 3.8) is 0 Å². The fraction of sp³-hybridized carbons (Fsp3) is 0.421. The van der Waals surface area contributed by atoms with Crippen molar-refractivity contribution in [1.29, 1.82) is 0 Å². The highest BCUT2D eigenvalue weighted by Crippen LogP contribution is 2.48. The molecule has 0 spiro atoms. The summed E-state index contributed by atoms with van der Waals surface area (Å²) in [5.41, 5.74) is 4.62. The van der Waals surface area contributed by atoms with Crippen molar-refractivity contribution in [1.82, 2.24) is 9.65 Å². The van der Waals surface area contributed by atoms with E-state index in [4.69, 9.17) is 0 Å². The van der Waals surface area contributed by atoms with Crippen molar-refractivity contribution in [2.45, 2.75) is 31.7 Å². The van der Waals surface area contributed by atoms with E-state index in [2.05, 4.69) is 54.8 Å². The van der Waals surface area contributed by atoms with Crippen molar-refractivity contribution >= 4 is 43.8 Å². The van der Waals surface area contributed by atoms with Gasteiger partial charge in [0.15, 0.2) is 5.78 Å². The van der Waals surface area contributed by atoms with Crippen LogP contribution in [-0.2, 0) is 0 Å². The summed E-state index contributed by atoms with van der Waals surface area (Å²) >= 11 is 2.11. The van der Waals surface area contributed by atoms with Crippen LogP contribution >= 0.6 is 32.0 Å². The lowest BCUT2D eigenvalue weighted by molar-refractivity contribution is 0.102. The Labute approximate surface area is 164 Å². The largest absolute Gasteiger partial charge is 0.508 e. The number of Topliss-reactive ketones (excluding diaryl/α,β-unsaturated/α-hetero) is 1. The van der Waals surface area contributed by atoms with Crippen molar-refractivity contribution in [3.05, 3.63) is 53.1 Å². The summed E-state index contributed by atoms with van der Waals surface area (Å²) < 4.78 is 2.69. The number of aliphatic hydroxyl groups is 1. The minimum atomic E-state index is 0.0680. The molecule has 4 unspecified atom stereocenters. The molecule has 3 heterocycles. The number of rotatable bonds is 5. The maximum atomic E-state index is 12.7. The molecule has 4 nitrogen and oxygen atoms in total. The molecule has 1 aliphatic carbocycles. The van der Waals surface area contributed by atoms with Gasteiger partial charge in [-0.3, -0.25) is 9.46 Å². The maximum Gasteiger partial charge on any atom is 0.174 e. The molecular formula is C19H24IN2O2P. The van der Waals surface area contributed by atoms with Crippen molar-refractivity contribution in [3.8, 4) is 0 Å². The zero-order chi connectivity index (χ0) is 18.3. The second-order valence-corrected chi connectivity index (χ2v) is 8.42. The third-order valence-corrected chi connectivity index (χ3v) is 6.53. The van der Waals surface area contributed by atoms with E-state index in [1.165, 1.54) is 11.6 Å². The number of aromatic nitrogens is 1. The summed E-state index contributed by atoms with van der Waals surface area (Å²) in [7, 11) is 2.83. The quantitative estimate of drug-likeness (QED) is 0.126. The first-order chi connectivity index (χ1) is 11.9. The highest BCUT2D eigenvalue weighted by atomic mass is 127. The van der Waals surface area contributed by atoms with E-state index in [0.717, 1.165) is 36.3 Å². The Morgan fingerprint density at radius 3 is 2.84 bits per heavy atom. The molecule has 2 N–H and O–H groups in total. The number of allylic oxidation sites excluding steroid dienone is 1. The SMILES string of the molecule is C=C/C(O)=C\c1c(C)[nH]c(C2CC3CC(=C)C2N(P)C3)c1C(=O)CI. The molecule has 25 heavy (non-hydrogen) atoms. The number of H-pyrrole nitrogens is 1. The number of aliphatic hydroxyl groups excluding tert-OH is 1. The monoisotopic (exact) mass is 470 g/mol. The van der Waals surface area contributed by atoms with Gasteiger partial charge in [0.05, 0.1) is 4.43 Å². The van der Waals surface area contributed by atoms with E-state index in [1.54, 1.807) is 6.08 Å². The minimum Gasteiger partial charge on any atom is -0.508 e. The first-order valence-corrected chi connectivity index (χ1v) is 10.4. The molecular weight excluding hydrogens is 446 g/mol. The lowest BCUT2D eigenvalue weighted by Crippen LogP contribution is -2.48. The van der Waals surface area contributed by atoms with Crippen LogP contribution < -0.4 is 0 Å². The third kappa shape index (κ3) is 3.38. The van der Waals surface area contributed by atoms with Crippen LogP contribution in [0.5, 0.6) is 0 Å². The maximum absolute atomic E-state index is 12.7. The van der Waals surface area contributed by atoms with Gasteiger partial charge in [0.25, 0.3) is 0 Å². The van der Waals surface area contributed by atoms with Crippen LogP contribution in [0.4, 0.5) is 0 Å². The van der Waals surface area contributed by atoms with E-state index in [0.29, 0.717) is 15.9 Å². The number of aromatic amines is 1. The second-order valence-electron chi connectivity index (χ2n) is 6.99. The van der Waals surface area contributed by atoms with Crippen molar-refractivity contribution in [2.24, 2.45) is 5.92 Å². The fourth-order valence-electron chi connectivity index (χ4n) is 4.34. The molecule has 2 bridgehead atoms. The number of piperidine rings is 2. The number of ketones is 1. The molecule has 2 saturated heterocycles. The van der Waals surface area contributed by atoms with Gasteiger partial charge in [0.1, 0.15) is 5.76 Å². The number of nitrogens with one attached hydrogen (secondary N) is 1. The number of carbonyl (C=O) groups is 1. The lowest BCUT2D eigenvalue weighted by atomic mass is 9.69. The van der Waals surface area contributed by atoms with Crippen LogP contribution in [0.2, 0.25) is 0 Å². The molecule has 4 rings (SSSR count). The number of carbonyl (C=O) groups excluding carboxylic acids is 1. The standard InChI is InChI=1S/C19H24IN2O2P/c1-4-13(23)7-14-11(3)21-18(17(14)16(24)8-20)15-6-12-5-10(2)19(15)22(25)9-12/h4,7,12,15,19,21,23H,1-2,5-6,8-9,25H2,3H3/b13-7+. The molecule has 134 valence electrons. The number of halogens is 1. The Morgan fingerprint density at radius 1 is 1.56 bits per heavy atom. The van der Waals surface area contributed by atoms with Crippen LogP contribution in [0.3, 0.4) is 0 Å². The Kier molecular flexibility index (Phi) is 5.57. The molecule has 0 radical (unpaired) electrons. The first-order valence-electron chi connectivity index (χ1n) is 8.41. The molecule has 1 aromatic heterocycles. The van der Waals surface area contributed by atoms with Crippen molar-refractivity contribution < 1.29 is 9.90 Å². The number of fused-ring (bicyclic) bond motifs is 3. The molecule has 3 fully saturated rings. The van der Waals surface area contributed by atoms with Gasteiger partial charge in [0, 0.05) is 41.0 Å².